The van der Waals surface area contributed by atoms with Gasteiger partial charge in [0, 0.05) is 25.4 Å². The highest BCUT2D eigenvalue weighted by Gasteiger charge is 2.25. The number of aromatic nitrogens is 1. The van der Waals surface area contributed by atoms with Gasteiger partial charge in [-0.3, -0.25) is 19.2 Å². The molecule has 1 atom stereocenters. The van der Waals surface area contributed by atoms with E-state index in [1.807, 2.05) is 25.1 Å². The van der Waals surface area contributed by atoms with Gasteiger partial charge in [-0.05, 0) is 47.9 Å². The minimum absolute atomic E-state index is 0.0298. The number of aryl methyl sites for hydroxylation is 1. The molecular formula is C30H33N5O8. The number of aliphatic carboxylic acids is 2. The number of carboxylic acids is 2. The molecule has 4 amide bonds. The third-order valence-corrected chi connectivity index (χ3v) is 6.49. The Hall–Kier alpha value is -5.46. The Kier molecular flexibility index (Phi) is 11.2. The maximum absolute atomic E-state index is 12.7. The summed E-state index contributed by atoms with van der Waals surface area (Å²) < 4.78 is 5.40. The number of carbonyl (C=O) groups excluding carboxylic acids is 3. The van der Waals surface area contributed by atoms with Gasteiger partial charge in [0.2, 0.25) is 11.8 Å². The highest BCUT2D eigenvalue weighted by Crippen LogP contribution is 2.27. The Labute approximate surface area is 247 Å². The van der Waals surface area contributed by atoms with Gasteiger partial charge in [0.05, 0.1) is 38.1 Å². The van der Waals surface area contributed by atoms with Crippen molar-refractivity contribution in [2.24, 2.45) is 0 Å². The Morgan fingerprint density at radius 1 is 0.907 bits per heavy atom. The number of pyridine rings is 1. The van der Waals surface area contributed by atoms with Gasteiger partial charge < -0.3 is 35.8 Å². The van der Waals surface area contributed by atoms with E-state index >= 15 is 0 Å². The van der Waals surface area contributed by atoms with Crippen molar-refractivity contribution in [3.8, 4) is 5.75 Å². The highest BCUT2D eigenvalue weighted by atomic mass is 16.5. The van der Waals surface area contributed by atoms with E-state index < -0.39 is 36.3 Å². The first kappa shape index (κ1) is 32.1. The van der Waals surface area contributed by atoms with E-state index in [0.29, 0.717) is 28.3 Å². The zero-order chi connectivity index (χ0) is 31.5. The normalized spacial score (nSPS) is 11.1. The van der Waals surface area contributed by atoms with Crippen molar-refractivity contribution in [3.05, 3.63) is 77.5 Å². The van der Waals surface area contributed by atoms with Crippen molar-refractivity contribution >= 4 is 47.0 Å². The molecule has 0 bridgehead atoms. The lowest BCUT2D eigenvalue weighted by Crippen LogP contribution is -2.33. The molecule has 13 nitrogen and oxygen atoms in total. The van der Waals surface area contributed by atoms with E-state index in [9.17, 15) is 29.1 Å². The van der Waals surface area contributed by atoms with Crippen molar-refractivity contribution in [1.29, 1.82) is 0 Å². The third-order valence-electron chi connectivity index (χ3n) is 6.49. The highest BCUT2D eigenvalue weighted by molar-refractivity contribution is 6.01. The average Bonchev–Trinajstić information content (AvgIpc) is 2.96. The number of benzene rings is 2. The van der Waals surface area contributed by atoms with Crippen molar-refractivity contribution in [1.82, 2.24) is 9.88 Å². The van der Waals surface area contributed by atoms with Crippen molar-refractivity contribution in [3.63, 3.8) is 0 Å². The summed E-state index contributed by atoms with van der Waals surface area (Å²) in [7, 11) is 2.85. The summed E-state index contributed by atoms with van der Waals surface area (Å²) in [5.74, 6) is -2.62. The molecular weight excluding hydrogens is 558 g/mol. The first-order valence-corrected chi connectivity index (χ1v) is 13.2. The van der Waals surface area contributed by atoms with Crippen LogP contribution in [-0.4, -0.2) is 64.0 Å². The fourth-order valence-corrected chi connectivity index (χ4v) is 4.19. The second-order valence-corrected chi connectivity index (χ2v) is 9.64. The molecule has 0 aliphatic heterocycles. The number of rotatable bonds is 13. The summed E-state index contributed by atoms with van der Waals surface area (Å²) in [6.45, 7) is 1.88. The summed E-state index contributed by atoms with van der Waals surface area (Å²) in [4.78, 5) is 65.2. The second-order valence-electron chi connectivity index (χ2n) is 9.64. The predicted octanol–water partition coefficient (Wildman–Crippen LogP) is 4.06. The molecule has 3 rings (SSSR count). The number of amides is 4. The molecule has 5 N–H and O–H groups in total. The number of carbonyl (C=O) groups is 5. The van der Waals surface area contributed by atoms with Crippen LogP contribution in [0, 0.1) is 6.92 Å². The molecule has 0 spiro atoms. The van der Waals surface area contributed by atoms with Gasteiger partial charge in [-0.2, -0.15) is 0 Å². The molecule has 226 valence electrons. The quantitative estimate of drug-likeness (QED) is 0.195. The van der Waals surface area contributed by atoms with Crippen LogP contribution in [0.25, 0.3) is 0 Å². The SMILES string of the molecule is COc1cc(CC(=O)Nc2ccc(C(CC(=O)O)N(C)C(=O)CCC(=O)O)cn2)ccc1NC(=O)Nc1ccccc1C. The molecule has 43 heavy (non-hydrogen) atoms. The minimum atomic E-state index is -1.15. The summed E-state index contributed by atoms with van der Waals surface area (Å²) >= 11 is 0. The van der Waals surface area contributed by atoms with Gasteiger partial charge in [0.25, 0.3) is 0 Å². The van der Waals surface area contributed by atoms with Crippen molar-refractivity contribution in [2.45, 2.75) is 38.6 Å². The lowest BCUT2D eigenvalue weighted by Gasteiger charge is -2.27. The van der Waals surface area contributed by atoms with Crippen LogP contribution in [0.1, 0.15) is 42.0 Å². The molecule has 0 radical (unpaired) electrons. The molecule has 2 aromatic carbocycles. The molecule has 1 unspecified atom stereocenters. The zero-order valence-corrected chi connectivity index (χ0v) is 23.9. The number of nitrogens with zero attached hydrogens (tertiary/aromatic N) is 2. The Bertz CT molecular complexity index is 1490. The van der Waals surface area contributed by atoms with E-state index in [4.69, 9.17) is 9.84 Å². The van der Waals surface area contributed by atoms with Crippen LogP contribution in [0.3, 0.4) is 0 Å². The first-order valence-electron chi connectivity index (χ1n) is 13.2. The summed E-state index contributed by atoms with van der Waals surface area (Å²) in [5.41, 5.74) is 3.01. The van der Waals surface area contributed by atoms with Crippen molar-refractivity contribution < 1.29 is 38.9 Å². The van der Waals surface area contributed by atoms with Crippen LogP contribution in [0.2, 0.25) is 0 Å². The van der Waals surface area contributed by atoms with Gasteiger partial charge in [0.15, 0.2) is 0 Å². The number of carboxylic acid groups (broad SMARTS) is 2. The van der Waals surface area contributed by atoms with E-state index in [1.54, 1.807) is 30.3 Å². The number of ether oxygens (including phenoxy) is 1. The van der Waals surface area contributed by atoms with Gasteiger partial charge in [0.1, 0.15) is 11.6 Å². The molecule has 0 saturated carbocycles. The van der Waals surface area contributed by atoms with Gasteiger partial charge >= 0.3 is 18.0 Å². The molecule has 1 aromatic heterocycles. The monoisotopic (exact) mass is 591 g/mol. The first-order chi connectivity index (χ1) is 20.5. The molecule has 0 aliphatic carbocycles. The number of hydrogen-bond donors (Lipinski definition) is 5. The van der Waals surface area contributed by atoms with E-state index in [-0.39, 0.29) is 31.0 Å². The minimum Gasteiger partial charge on any atom is -0.495 e. The fraction of sp³-hybridized carbons (Fsp3) is 0.267. The standard InChI is InChI=1S/C30H33N5O8/c1-18-6-4-5-7-21(18)32-30(42)33-22-10-8-19(14-24(22)43-3)15-26(36)34-25-11-9-20(17-31-25)23(16-29(40)41)35(2)27(37)12-13-28(38)39/h4-11,14,17,23H,12-13,15-16H2,1-3H3,(H,38,39)(H,40,41)(H,31,34,36)(H2,32,33,42). The van der Waals surface area contributed by atoms with Crippen LogP contribution in [0.15, 0.2) is 60.8 Å². The summed E-state index contributed by atoms with van der Waals surface area (Å²) in [6.07, 6.45) is 0.267. The van der Waals surface area contributed by atoms with Gasteiger partial charge in [-0.25, -0.2) is 9.78 Å². The van der Waals surface area contributed by atoms with E-state index in [1.165, 1.54) is 31.3 Å². The Morgan fingerprint density at radius 3 is 2.26 bits per heavy atom. The lowest BCUT2D eigenvalue weighted by atomic mass is 10.0. The Balaban J connectivity index is 1.63. The topological polar surface area (TPSA) is 187 Å². The van der Waals surface area contributed by atoms with E-state index in [0.717, 1.165) is 5.56 Å². The summed E-state index contributed by atoms with van der Waals surface area (Å²) in [5, 5.41) is 26.3. The maximum atomic E-state index is 12.7. The van der Waals surface area contributed by atoms with E-state index in [2.05, 4.69) is 20.9 Å². The third kappa shape index (κ3) is 9.56. The molecule has 13 heteroatoms. The zero-order valence-electron chi connectivity index (χ0n) is 23.9. The van der Waals surface area contributed by atoms with Crippen LogP contribution in [-0.2, 0) is 25.6 Å². The van der Waals surface area contributed by atoms with Crippen LogP contribution < -0.4 is 20.7 Å². The number of nitrogens with one attached hydrogen (secondary N) is 3. The van der Waals surface area contributed by atoms with Gasteiger partial charge in [-0.1, -0.05) is 30.3 Å². The maximum Gasteiger partial charge on any atom is 0.323 e. The number of para-hydroxylation sites is 1. The van der Waals surface area contributed by atoms with Gasteiger partial charge in [-0.15, -0.1) is 0 Å². The van der Waals surface area contributed by atoms with Crippen LogP contribution in [0.5, 0.6) is 5.75 Å². The Morgan fingerprint density at radius 2 is 1.63 bits per heavy atom. The van der Waals surface area contributed by atoms with Crippen LogP contribution in [0.4, 0.5) is 22.0 Å². The number of anilines is 3. The molecule has 3 aromatic rings. The van der Waals surface area contributed by atoms with Crippen molar-refractivity contribution in [2.75, 3.05) is 30.1 Å². The second kappa shape index (κ2) is 15.0. The molecule has 1 heterocycles. The molecule has 0 aliphatic rings. The average molecular weight is 592 g/mol. The lowest BCUT2D eigenvalue weighted by molar-refractivity contribution is -0.143. The number of hydrogen-bond acceptors (Lipinski definition) is 7. The number of urea groups is 1. The number of methoxy groups -OCH3 is 1. The summed E-state index contributed by atoms with van der Waals surface area (Å²) in [6, 6.07) is 14.0. The predicted molar refractivity (Wildman–Crippen MR) is 158 cm³/mol. The largest absolute Gasteiger partial charge is 0.495 e. The molecule has 0 saturated heterocycles. The fourth-order valence-electron chi connectivity index (χ4n) is 4.19. The molecule has 0 fully saturated rings. The smallest absolute Gasteiger partial charge is 0.323 e. The van der Waals surface area contributed by atoms with Crippen LogP contribution >= 0.6 is 0 Å².